The molecule has 3 aromatic heterocycles. The molecule has 0 saturated carbocycles. The first kappa shape index (κ1) is 20.1. The maximum atomic E-state index is 4.63. The molecule has 0 bridgehead atoms. The molecule has 1 aliphatic heterocycles. The van der Waals surface area contributed by atoms with Crippen molar-refractivity contribution >= 4 is 39.9 Å². The molecule has 1 aliphatic rings. The highest BCUT2D eigenvalue weighted by molar-refractivity contribution is 7.99. The first-order chi connectivity index (χ1) is 17.3. The van der Waals surface area contributed by atoms with Crippen molar-refractivity contribution in [2.45, 2.75) is 9.79 Å². The maximum absolute atomic E-state index is 4.63. The topological polar surface area (TPSA) is 34.0 Å². The van der Waals surface area contributed by atoms with Crippen LogP contribution in [0.15, 0.2) is 132 Å². The van der Waals surface area contributed by atoms with Crippen molar-refractivity contribution in [2.75, 3.05) is 4.90 Å². The van der Waals surface area contributed by atoms with E-state index in [0.29, 0.717) is 0 Å². The van der Waals surface area contributed by atoms with Crippen LogP contribution < -0.4 is 4.90 Å². The number of anilines is 3. The molecule has 0 radical (unpaired) electrons. The molecule has 4 nitrogen and oxygen atoms in total. The standard InChI is InChI=1S/C30H20N4S/c1-2-12-28-26(11-1)34(24-9-5-7-22(19-24)25-10-3-4-16-31-25)27-20-23(13-14-29(27)35-28)33-18-15-21-8-6-17-32-30(21)33/h1-20H. The molecule has 3 aromatic carbocycles. The monoisotopic (exact) mass is 468 g/mol. The van der Waals surface area contributed by atoms with Gasteiger partial charge in [-0.2, -0.15) is 0 Å². The van der Waals surface area contributed by atoms with Crippen molar-refractivity contribution in [2.24, 2.45) is 0 Å². The Morgan fingerprint density at radius 2 is 1.49 bits per heavy atom. The summed E-state index contributed by atoms with van der Waals surface area (Å²) in [7, 11) is 0. The molecule has 35 heavy (non-hydrogen) atoms. The van der Waals surface area contributed by atoms with Crippen molar-refractivity contribution in [3.63, 3.8) is 0 Å². The highest BCUT2D eigenvalue weighted by atomic mass is 32.2. The SMILES string of the molecule is c1ccc(-c2cccc(N3c4ccccc4Sc4ccc(-n5ccc6cccnc65)cc43)c2)nc1. The molecule has 4 heterocycles. The van der Waals surface area contributed by atoms with E-state index >= 15 is 0 Å². The van der Waals surface area contributed by atoms with Gasteiger partial charge in [0.2, 0.25) is 0 Å². The Labute approximate surface area is 207 Å². The fourth-order valence-corrected chi connectivity index (χ4v) is 5.72. The third kappa shape index (κ3) is 3.40. The quantitative estimate of drug-likeness (QED) is 0.263. The second-order valence-corrected chi connectivity index (χ2v) is 9.51. The molecule has 6 aromatic rings. The fourth-order valence-electron chi connectivity index (χ4n) is 4.68. The number of para-hydroxylation sites is 1. The van der Waals surface area contributed by atoms with E-state index in [1.54, 1.807) is 0 Å². The van der Waals surface area contributed by atoms with Gasteiger partial charge in [0.1, 0.15) is 5.65 Å². The van der Waals surface area contributed by atoms with Gasteiger partial charge < -0.3 is 9.47 Å². The predicted molar refractivity (Wildman–Crippen MR) is 143 cm³/mol. The first-order valence-corrected chi connectivity index (χ1v) is 12.3. The summed E-state index contributed by atoms with van der Waals surface area (Å²) in [5, 5.41) is 1.13. The molecule has 0 amide bonds. The van der Waals surface area contributed by atoms with Gasteiger partial charge in [-0.1, -0.05) is 42.1 Å². The van der Waals surface area contributed by atoms with Crippen molar-refractivity contribution in [3.05, 3.63) is 122 Å². The second-order valence-electron chi connectivity index (χ2n) is 8.42. The van der Waals surface area contributed by atoms with Crippen molar-refractivity contribution in [1.29, 1.82) is 0 Å². The Morgan fingerprint density at radius 1 is 0.600 bits per heavy atom. The highest BCUT2D eigenvalue weighted by Crippen LogP contribution is 2.52. The Morgan fingerprint density at radius 3 is 2.43 bits per heavy atom. The van der Waals surface area contributed by atoms with Gasteiger partial charge in [-0.3, -0.25) is 4.98 Å². The van der Waals surface area contributed by atoms with Gasteiger partial charge in [-0.25, -0.2) is 4.98 Å². The van der Waals surface area contributed by atoms with Gasteiger partial charge in [-0.15, -0.1) is 0 Å². The van der Waals surface area contributed by atoms with Gasteiger partial charge in [0.15, 0.2) is 0 Å². The number of benzene rings is 3. The molecule has 0 atom stereocenters. The van der Waals surface area contributed by atoms with Crippen LogP contribution >= 0.6 is 11.8 Å². The van der Waals surface area contributed by atoms with Crippen molar-refractivity contribution < 1.29 is 0 Å². The lowest BCUT2D eigenvalue weighted by Crippen LogP contribution is -2.15. The molecule has 0 aliphatic carbocycles. The third-order valence-corrected chi connectivity index (χ3v) is 7.43. The Hall–Kier alpha value is -4.35. The summed E-state index contributed by atoms with van der Waals surface area (Å²) in [4.78, 5) is 14.0. The van der Waals surface area contributed by atoms with Crippen molar-refractivity contribution in [3.8, 4) is 16.9 Å². The van der Waals surface area contributed by atoms with Crippen LogP contribution in [0, 0.1) is 0 Å². The molecule has 0 fully saturated rings. The summed E-state index contributed by atoms with van der Waals surface area (Å²) in [6.07, 6.45) is 5.78. The summed E-state index contributed by atoms with van der Waals surface area (Å²) in [5.74, 6) is 0. The summed E-state index contributed by atoms with van der Waals surface area (Å²) < 4.78 is 2.16. The minimum atomic E-state index is 0.958. The molecular formula is C30H20N4S. The van der Waals surface area contributed by atoms with E-state index < -0.39 is 0 Å². The predicted octanol–water partition coefficient (Wildman–Crippen LogP) is 8.02. The summed E-state index contributed by atoms with van der Waals surface area (Å²) in [5.41, 5.74) is 7.54. The lowest BCUT2D eigenvalue weighted by Gasteiger charge is -2.33. The minimum absolute atomic E-state index is 0.958. The zero-order valence-electron chi connectivity index (χ0n) is 18.7. The van der Waals surface area contributed by atoms with Crippen LogP contribution in [-0.2, 0) is 0 Å². The van der Waals surface area contributed by atoms with Crippen LogP contribution in [0.2, 0.25) is 0 Å². The molecule has 7 rings (SSSR count). The van der Waals surface area contributed by atoms with E-state index in [1.807, 2.05) is 42.4 Å². The van der Waals surface area contributed by atoms with Crippen LogP contribution in [0.5, 0.6) is 0 Å². The molecule has 0 saturated heterocycles. The number of pyridine rings is 2. The lowest BCUT2D eigenvalue weighted by molar-refractivity contribution is 1.07. The number of rotatable bonds is 3. The number of hydrogen-bond donors (Lipinski definition) is 0. The van der Waals surface area contributed by atoms with E-state index in [2.05, 4.69) is 111 Å². The first-order valence-electron chi connectivity index (χ1n) is 11.5. The third-order valence-electron chi connectivity index (χ3n) is 6.30. The van der Waals surface area contributed by atoms with Crippen LogP contribution in [0.4, 0.5) is 17.1 Å². The Balaban J connectivity index is 1.42. The molecule has 5 heteroatoms. The number of aromatic nitrogens is 3. The Kier molecular flexibility index (Phi) is 4.67. The molecule has 0 unspecified atom stereocenters. The van der Waals surface area contributed by atoms with E-state index in [9.17, 15) is 0 Å². The minimum Gasteiger partial charge on any atom is -0.308 e. The van der Waals surface area contributed by atoms with Crippen LogP contribution in [0.3, 0.4) is 0 Å². The Bertz CT molecular complexity index is 1690. The van der Waals surface area contributed by atoms with Crippen LogP contribution in [0.1, 0.15) is 0 Å². The van der Waals surface area contributed by atoms with Gasteiger partial charge in [0.25, 0.3) is 0 Å². The smallest absolute Gasteiger partial charge is 0.144 e. The van der Waals surface area contributed by atoms with Gasteiger partial charge >= 0.3 is 0 Å². The van der Waals surface area contributed by atoms with Crippen LogP contribution in [0.25, 0.3) is 28.0 Å². The number of hydrogen-bond acceptors (Lipinski definition) is 4. The number of nitrogens with zero attached hydrogens (tertiary/aromatic N) is 4. The zero-order valence-corrected chi connectivity index (χ0v) is 19.6. The largest absolute Gasteiger partial charge is 0.308 e. The maximum Gasteiger partial charge on any atom is 0.144 e. The average Bonchev–Trinajstić information content (AvgIpc) is 3.36. The van der Waals surface area contributed by atoms with Gasteiger partial charge in [0.05, 0.1) is 17.1 Å². The normalized spacial score (nSPS) is 12.4. The zero-order chi connectivity index (χ0) is 23.2. The fraction of sp³-hybridized carbons (Fsp3) is 0. The second kappa shape index (κ2) is 8.15. The highest BCUT2D eigenvalue weighted by Gasteiger charge is 2.25. The lowest BCUT2D eigenvalue weighted by atomic mass is 10.1. The van der Waals surface area contributed by atoms with Crippen LogP contribution in [-0.4, -0.2) is 14.5 Å². The number of fused-ring (bicyclic) bond motifs is 3. The molecule has 0 spiro atoms. The summed E-state index contributed by atoms with van der Waals surface area (Å²) in [6, 6.07) is 36.1. The average molecular weight is 469 g/mol. The molecule has 0 N–H and O–H groups in total. The van der Waals surface area contributed by atoms with Gasteiger partial charge in [-0.05, 0) is 72.8 Å². The van der Waals surface area contributed by atoms with Gasteiger partial charge in [0, 0.05) is 50.7 Å². The molecular weight excluding hydrogens is 448 g/mol. The van der Waals surface area contributed by atoms with E-state index in [0.717, 1.165) is 39.4 Å². The van der Waals surface area contributed by atoms with E-state index in [1.165, 1.54) is 15.5 Å². The summed E-state index contributed by atoms with van der Waals surface area (Å²) >= 11 is 1.81. The molecule has 166 valence electrons. The van der Waals surface area contributed by atoms with Crippen molar-refractivity contribution in [1.82, 2.24) is 14.5 Å². The van der Waals surface area contributed by atoms with E-state index in [4.69, 9.17) is 0 Å². The van der Waals surface area contributed by atoms with E-state index in [-0.39, 0.29) is 0 Å². The summed E-state index contributed by atoms with van der Waals surface area (Å²) in [6.45, 7) is 0.